The largest absolute Gasteiger partial charge is 0.472 e. The quantitative estimate of drug-likeness (QED) is 0.668. The molecular formula is C10H18N2OS2. The maximum Gasteiger partial charge on any atom is 0.178 e. The predicted molar refractivity (Wildman–Crippen MR) is 69.3 cm³/mol. The summed E-state index contributed by atoms with van der Waals surface area (Å²) in [5.41, 5.74) is 5.38. The summed E-state index contributed by atoms with van der Waals surface area (Å²) < 4.78 is 6.56. The average Bonchev–Trinajstić information content (AvgIpc) is 2.61. The highest BCUT2D eigenvalue weighted by molar-refractivity contribution is 8.15. The van der Waals surface area contributed by atoms with Gasteiger partial charge in [-0.15, -0.1) is 24.4 Å². The van der Waals surface area contributed by atoms with Gasteiger partial charge < -0.3 is 15.8 Å². The number of allylic oxidation sites excluding steroid dienone is 1. The molecule has 0 saturated heterocycles. The first-order valence-electron chi connectivity index (χ1n) is 4.80. The number of hydrogen-bond donors (Lipinski definition) is 3. The summed E-state index contributed by atoms with van der Waals surface area (Å²) in [6.07, 6.45) is 3.45. The number of rotatable bonds is 3. The molecule has 1 atom stereocenters. The molecule has 1 unspecified atom stereocenters. The lowest BCUT2D eigenvalue weighted by Gasteiger charge is -2.21. The van der Waals surface area contributed by atoms with Crippen molar-refractivity contribution in [3.8, 4) is 0 Å². The third-order valence-corrected chi connectivity index (χ3v) is 3.37. The van der Waals surface area contributed by atoms with Crippen LogP contribution in [0, 0.1) is 5.41 Å². The second-order valence-corrected chi connectivity index (χ2v) is 6.19. The van der Waals surface area contributed by atoms with Crippen LogP contribution in [0.25, 0.3) is 0 Å². The van der Waals surface area contributed by atoms with Crippen molar-refractivity contribution >= 4 is 24.4 Å². The van der Waals surface area contributed by atoms with Crippen LogP contribution >= 0.6 is 24.4 Å². The van der Waals surface area contributed by atoms with Gasteiger partial charge in [-0.05, 0) is 0 Å². The van der Waals surface area contributed by atoms with Crippen LogP contribution in [0.3, 0.4) is 0 Å². The van der Waals surface area contributed by atoms with Crippen molar-refractivity contribution in [3.05, 3.63) is 22.4 Å². The van der Waals surface area contributed by atoms with E-state index in [9.17, 15) is 0 Å². The van der Waals surface area contributed by atoms with Gasteiger partial charge in [-0.3, -0.25) is 0 Å². The Kier molecular flexibility index (Phi) is 4.28. The van der Waals surface area contributed by atoms with Gasteiger partial charge in [-0.1, -0.05) is 20.8 Å². The standard InChI is InChI=1S/C10H18N2OS2/c1-10(2,3)7-5-12-8(13-7)6-15-9(14)4-11/h4-5,8,12,14H,6,11H2,1-3H3/b9-4+. The maximum atomic E-state index is 5.75. The fourth-order valence-electron chi connectivity index (χ4n) is 1.07. The summed E-state index contributed by atoms with van der Waals surface area (Å²) in [5, 5.41) is 3.19. The second-order valence-electron chi connectivity index (χ2n) is 4.35. The molecular weight excluding hydrogens is 228 g/mol. The van der Waals surface area contributed by atoms with Crippen molar-refractivity contribution in [3.63, 3.8) is 0 Å². The van der Waals surface area contributed by atoms with Gasteiger partial charge in [-0.2, -0.15) is 0 Å². The van der Waals surface area contributed by atoms with Crippen LogP contribution in [0.1, 0.15) is 20.8 Å². The molecule has 0 bridgehead atoms. The van der Waals surface area contributed by atoms with Crippen molar-refractivity contribution < 1.29 is 4.74 Å². The molecule has 0 radical (unpaired) electrons. The lowest BCUT2D eigenvalue weighted by atomic mass is 9.95. The number of nitrogens with one attached hydrogen (secondary N) is 1. The van der Waals surface area contributed by atoms with E-state index < -0.39 is 0 Å². The number of hydrogen-bond acceptors (Lipinski definition) is 5. The van der Waals surface area contributed by atoms with E-state index in [1.165, 1.54) is 6.20 Å². The van der Waals surface area contributed by atoms with Crippen LogP contribution in [0.4, 0.5) is 0 Å². The molecule has 1 rings (SSSR count). The zero-order valence-electron chi connectivity index (χ0n) is 9.28. The van der Waals surface area contributed by atoms with Crippen LogP contribution in [-0.4, -0.2) is 12.0 Å². The van der Waals surface area contributed by atoms with Gasteiger partial charge >= 0.3 is 0 Å². The third-order valence-electron chi connectivity index (χ3n) is 1.93. The highest BCUT2D eigenvalue weighted by atomic mass is 32.2. The smallest absolute Gasteiger partial charge is 0.178 e. The van der Waals surface area contributed by atoms with Gasteiger partial charge in [0, 0.05) is 17.8 Å². The minimum Gasteiger partial charge on any atom is -0.472 e. The molecule has 0 aromatic carbocycles. The molecule has 0 aromatic heterocycles. The highest BCUT2D eigenvalue weighted by Gasteiger charge is 2.26. The van der Waals surface area contributed by atoms with Crippen molar-refractivity contribution in [1.29, 1.82) is 0 Å². The monoisotopic (exact) mass is 246 g/mol. The first kappa shape index (κ1) is 12.6. The number of ether oxygens (including phenoxy) is 1. The molecule has 3 nitrogen and oxygen atoms in total. The molecule has 0 fully saturated rings. The van der Waals surface area contributed by atoms with E-state index in [0.29, 0.717) is 0 Å². The Balaban J connectivity index is 2.35. The molecule has 0 amide bonds. The van der Waals surface area contributed by atoms with Crippen LogP contribution in [0.2, 0.25) is 0 Å². The number of thiol groups is 1. The topological polar surface area (TPSA) is 47.3 Å². The van der Waals surface area contributed by atoms with Gasteiger partial charge in [-0.25, -0.2) is 0 Å². The molecule has 0 aromatic rings. The first-order chi connectivity index (χ1) is 6.93. The first-order valence-corrected chi connectivity index (χ1v) is 6.24. The molecule has 15 heavy (non-hydrogen) atoms. The maximum absolute atomic E-state index is 5.75. The van der Waals surface area contributed by atoms with E-state index >= 15 is 0 Å². The molecule has 0 saturated carbocycles. The molecule has 1 aliphatic heterocycles. The van der Waals surface area contributed by atoms with E-state index in [-0.39, 0.29) is 11.6 Å². The molecule has 0 aliphatic carbocycles. The Bertz CT molecular complexity index is 282. The fourth-order valence-corrected chi connectivity index (χ4v) is 1.88. The van der Waals surface area contributed by atoms with Gasteiger partial charge in [0.2, 0.25) is 0 Å². The molecule has 1 heterocycles. The minimum absolute atomic E-state index is 0.0197. The zero-order chi connectivity index (χ0) is 11.5. The molecule has 3 N–H and O–H groups in total. The predicted octanol–water partition coefficient (Wildman–Crippen LogP) is 2.24. The van der Waals surface area contributed by atoms with Gasteiger partial charge in [0.15, 0.2) is 6.23 Å². The van der Waals surface area contributed by atoms with Crippen molar-refractivity contribution in [2.24, 2.45) is 11.1 Å². The Hall–Kier alpha value is -0.420. The van der Waals surface area contributed by atoms with Gasteiger partial charge in [0.25, 0.3) is 0 Å². The van der Waals surface area contributed by atoms with E-state index in [1.54, 1.807) is 11.8 Å². The molecule has 0 spiro atoms. The van der Waals surface area contributed by atoms with Gasteiger partial charge in [0.05, 0.1) is 9.99 Å². The summed E-state index contributed by atoms with van der Waals surface area (Å²) >= 11 is 5.75. The van der Waals surface area contributed by atoms with Crippen molar-refractivity contribution in [1.82, 2.24) is 5.32 Å². The fraction of sp³-hybridized carbons (Fsp3) is 0.600. The molecule has 1 aliphatic rings. The Labute approximate surface area is 101 Å². The summed E-state index contributed by atoms with van der Waals surface area (Å²) in [6.45, 7) is 6.37. The van der Waals surface area contributed by atoms with Crippen LogP contribution < -0.4 is 11.1 Å². The molecule has 5 heteroatoms. The summed E-state index contributed by atoms with van der Waals surface area (Å²) in [5.74, 6) is 1.79. The summed E-state index contributed by atoms with van der Waals surface area (Å²) in [4.78, 5) is 0. The lowest BCUT2D eigenvalue weighted by molar-refractivity contribution is 0.108. The average molecular weight is 246 g/mol. The number of thioether (sulfide) groups is 1. The van der Waals surface area contributed by atoms with E-state index in [2.05, 4.69) is 38.7 Å². The van der Waals surface area contributed by atoms with E-state index in [1.807, 2.05) is 6.20 Å². The molecule has 86 valence electrons. The Morgan fingerprint density at radius 3 is 2.87 bits per heavy atom. The van der Waals surface area contributed by atoms with Crippen molar-refractivity contribution in [2.45, 2.75) is 27.0 Å². The third kappa shape index (κ3) is 3.91. The number of nitrogens with two attached hydrogens (primary N) is 1. The lowest BCUT2D eigenvalue weighted by Crippen LogP contribution is -2.24. The van der Waals surface area contributed by atoms with E-state index in [4.69, 9.17) is 10.5 Å². The van der Waals surface area contributed by atoms with Gasteiger partial charge in [0.1, 0.15) is 5.76 Å². The van der Waals surface area contributed by atoms with E-state index in [0.717, 1.165) is 15.7 Å². The second kappa shape index (κ2) is 5.07. The summed E-state index contributed by atoms with van der Waals surface area (Å²) in [6, 6.07) is 0. The highest BCUT2D eigenvalue weighted by Crippen LogP contribution is 2.30. The van der Waals surface area contributed by atoms with Crippen LogP contribution in [0.15, 0.2) is 22.4 Å². The Morgan fingerprint density at radius 1 is 1.73 bits per heavy atom. The SMILES string of the molecule is CC(C)(C)C1=CNC(CS/C(S)=C/N)O1. The normalized spacial score (nSPS) is 22.0. The minimum atomic E-state index is 0.0197. The zero-order valence-corrected chi connectivity index (χ0v) is 11.0. The van der Waals surface area contributed by atoms with Crippen LogP contribution in [0.5, 0.6) is 0 Å². The Morgan fingerprint density at radius 2 is 2.40 bits per heavy atom. The van der Waals surface area contributed by atoms with Crippen LogP contribution in [-0.2, 0) is 4.74 Å². The van der Waals surface area contributed by atoms with Crippen molar-refractivity contribution in [2.75, 3.05) is 5.75 Å². The summed E-state index contributed by atoms with van der Waals surface area (Å²) in [7, 11) is 0.